The Morgan fingerprint density at radius 2 is 1.41 bits per heavy atom. The van der Waals surface area contributed by atoms with Crippen LogP contribution >= 0.6 is 0 Å². The van der Waals surface area contributed by atoms with E-state index in [4.69, 9.17) is 0 Å². The summed E-state index contributed by atoms with van der Waals surface area (Å²) in [6.07, 6.45) is 0. The standard InChI is InChI=1S/C22H23N3O2/c1-16-8-6-7-11-18(16)25-21(26)19(17-9-4-3-5-10-17)20(22(25)27)24-14-12-23(2)13-15-24/h3-11H,12-15H2,1-2H3. The van der Waals surface area contributed by atoms with E-state index in [0.717, 1.165) is 37.3 Å². The predicted octanol–water partition coefficient (Wildman–Crippen LogP) is 2.53. The Balaban J connectivity index is 1.82. The number of hydrogen-bond donors (Lipinski definition) is 0. The predicted molar refractivity (Wildman–Crippen MR) is 106 cm³/mol. The largest absolute Gasteiger partial charge is 0.364 e. The number of imide groups is 1. The summed E-state index contributed by atoms with van der Waals surface area (Å²) in [6.45, 7) is 5.15. The van der Waals surface area contributed by atoms with E-state index in [9.17, 15) is 9.59 Å². The highest BCUT2D eigenvalue weighted by atomic mass is 16.2. The first kappa shape index (κ1) is 17.5. The van der Waals surface area contributed by atoms with Crippen molar-refractivity contribution < 1.29 is 9.59 Å². The zero-order valence-electron chi connectivity index (χ0n) is 15.7. The number of carbonyl (C=O) groups excluding carboxylic acids is 2. The van der Waals surface area contributed by atoms with Crippen LogP contribution in [0.15, 0.2) is 60.3 Å². The van der Waals surface area contributed by atoms with Crippen LogP contribution in [0, 0.1) is 6.92 Å². The number of likely N-dealkylation sites (N-methyl/N-ethyl adjacent to an activating group) is 1. The Hall–Kier alpha value is -2.92. The van der Waals surface area contributed by atoms with Crippen LogP contribution in [-0.4, -0.2) is 54.8 Å². The summed E-state index contributed by atoms with van der Waals surface area (Å²) in [5.74, 6) is -0.466. The van der Waals surface area contributed by atoms with Gasteiger partial charge in [-0.2, -0.15) is 0 Å². The summed E-state index contributed by atoms with van der Waals surface area (Å²) in [6, 6.07) is 17.0. The number of hydrogen-bond acceptors (Lipinski definition) is 4. The molecule has 0 unspecified atom stereocenters. The minimum absolute atomic E-state index is 0.224. The summed E-state index contributed by atoms with van der Waals surface area (Å²) in [4.78, 5) is 32.5. The maximum Gasteiger partial charge on any atom is 0.282 e. The van der Waals surface area contributed by atoms with Crippen molar-refractivity contribution in [2.24, 2.45) is 0 Å². The number of anilines is 1. The fraction of sp³-hybridized carbons (Fsp3) is 0.273. The molecule has 0 aromatic heterocycles. The molecule has 0 radical (unpaired) electrons. The zero-order valence-corrected chi connectivity index (χ0v) is 15.7. The van der Waals surface area contributed by atoms with E-state index in [1.807, 2.05) is 61.5 Å². The van der Waals surface area contributed by atoms with E-state index in [-0.39, 0.29) is 11.8 Å². The molecular formula is C22H23N3O2. The molecule has 27 heavy (non-hydrogen) atoms. The van der Waals surface area contributed by atoms with E-state index in [1.54, 1.807) is 0 Å². The second-order valence-electron chi connectivity index (χ2n) is 7.11. The lowest BCUT2D eigenvalue weighted by Crippen LogP contribution is -2.46. The molecule has 2 heterocycles. The van der Waals surface area contributed by atoms with Gasteiger partial charge in [0, 0.05) is 26.2 Å². The Bertz CT molecular complexity index is 912. The molecule has 2 aromatic rings. The van der Waals surface area contributed by atoms with Gasteiger partial charge in [0.25, 0.3) is 11.8 Å². The molecule has 138 valence electrons. The van der Waals surface area contributed by atoms with Crippen LogP contribution in [0.1, 0.15) is 11.1 Å². The summed E-state index contributed by atoms with van der Waals surface area (Å²) in [5, 5.41) is 0. The molecule has 0 saturated carbocycles. The highest BCUT2D eigenvalue weighted by Crippen LogP contribution is 2.36. The van der Waals surface area contributed by atoms with Gasteiger partial charge in [0.2, 0.25) is 0 Å². The van der Waals surface area contributed by atoms with E-state index in [1.165, 1.54) is 4.90 Å². The van der Waals surface area contributed by atoms with Gasteiger partial charge in [-0.3, -0.25) is 9.59 Å². The first-order chi connectivity index (χ1) is 13.1. The molecule has 0 atom stereocenters. The third kappa shape index (κ3) is 3.04. The SMILES string of the molecule is Cc1ccccc1N1C(=O)C(c2ccccc2)=C(N2CCN(C)CC2)C1=O. The number of para-hydroxylation sites is 1. The number of amides is 2. The van der Waals surface area contributed by atoms with Crippen molar-refractivity contribution in [2.45, 2.75) is 6.92 Å². The molecule has 2 amide bonds. The fourth-order valence-electron chi connectivity index (χ4n) is 3.74. The molecule has 0 bridgehead atoms. The summed E-state index contributed by atoms with van der Waals surface area (Å²) >= 11 is 0. The summed E-state index contributed by atoms with van der Waals surface area (Å²) in [5.41, 5.74) is 3.40. The molecule has 1 saturated heterocycles. The minimum Gasteiger partial charge on any atom is -0.364 e. The van der Waals surface area contributed by atoms with Crippen LogP contribution in [0.2, 0.25) is 0 Å². The van der Waals surface area contributed by atoms with Crippen molar-refractivity contribution in [3.8, 4) is 0 Å². The average molecular weight is 361 g/mol. The first-order valence-electron chi connectivity index (χ1n) is 9.25. The second kappa shape index (κ2) is 7.00. The number of piperazine rings is 1. The smallest absolute Gasteiger partial charge is 0.282 e. The van der Waals surface area contributed by atoms with Gasteiger partial charge >= 0.3 is 0 Å². The molecule has 0 aliphatic carbocycles. The van der Waals surface area contributed by atoms with Gasteiger partial charge in [-0.15, -0.1) is 0 Å². The highest BCUT2D eigenvalue weighted by Gasteiger charge is 2.43. The first-order valence-corrected chi connectivity index (χ1v) is 9.25. The van der Waals surface area contributed by atoms with Crippen molar-refractivity contribution in [1.29, 1.82) is 0 Å². The van der Waals surface area contributed by atoms with Crippen LogP contribution in [0.3, 0.4) is 0 Å². The molecule has 2 aromatic carbocycles. The quantitative estimate of drug-likeness (QED) is 0.788. The van der Waals surface area contributed by atoms with Crippen LogP contribution in [0.4, 0.5) is 5.69 Å². The number of nitrogens with zero attached hydrogens (tertiary/aromatic N) is 3. The van der Waals surface area contributed by atoms with Gasteiger partial charge in [0.05, 0.1) is 11.3 Å². The molecule has 5 heteroatoms. The van der Waals surface area contributed by atoms with Crippen molar-refractivity contribution in [2.75, 3.05) is 38.1 Å². The molecule has 2 aliphatic rings. The van der Waals surface area contributed by atoms with Crippen molar-refractivity contribution in [1.82, 2.24) is 9.80 Å². The highest BCUT2D eigenvalue weighted by molar-refractivity contribution is 6.45. The van der Waals surface area contributed by atoms with Crippen molar-refractivity contribution >= 4 is 23.1 Å². The van der Waals surface area contributed by atoms with E-state index in [0.29, 0.717) is 17.0 Å². The maximum atomic E-state index is 13.4. The zero-order chi connectivity index (χ0) is 19.0. The van der Waals surface area contributed by atoms with Gasteiger partial charge in [-0.25, -0.2) is 4.90 Å². The van der Waals surface area contributed by atoms with Gasteiger partial charge in [-0.05, 0) is 31.2 Å². The van der Waals surface area contributed by atoms with Gasteiger partial charge in [0.1, 0.15) is 5.70 Å². The lowest BCUT2D eigenvalue weighted by molar-refractivity contribution is -0.120. The number of aryl methyl sites for hydroxylation is 1. The third-order valence-corrected chi connectivity index (χ3v) is 5.30. The Labute approximate surface area is 159 Å². The summed E-state index contributed by atoms with van der Waals surface area (Å²) in [7, 11) is 2.07. The number of carbonyl (C=O) groups is 2. The molecule has 5 nitrogen and oxygen atoms in total. The molecule has 0 N–H and O–H groups in total. The van der Waals surface area contributed by atoms with E-state index < -0.39 is 0 Å². The Morgan fingerprint density at radius 3 is 2.07 bits per heavy atom. The van der Waals surface area contributed by atoms with Gasteiger partial charge < -0.3 is 9.80 Å². The van der Waals surface area contributed by atoms with Gasteiger partial charge in [-0.1, -0.05) is 48.5 Å². The monoisotopic (exact) mass is 361 g/mol. The number of benzene rings is 2. The van der Waals surface area contributed by atoms with Crippen LogP contribution in [0.5, 0.6) is 0 Å². The Morgan fingerprint density at radius 1 is 0.778 bits per heavy atom. The van der Waals surface area contributed by atoms with Crippen molar-refractivity contribution in [3.05, 3.63) is 71.4 Å². The average Bonchev–Trinajstić information content (AvgIpc) is 2.94. The van der Waals surface area contributed by atoms with Gasteiger partial charge in [0.15, 0.2) is 0 Å². The third-order valence-electron chi connectivity index (χ3n) is 5.30. The number of rotatable bonds is 3. The lowest BCUT2D eigenvalue weighted by Gasteiger charge is -2.34. The van der Waals surface area contributed by atoms with Crippen LogP contribution in [0.25, 0.3) is 5.57 Å². The molecular weight excluding hydrogens is 338 g/mol. The fourth-order valence-corrected chi connectivity index (χ4v) is 3.74. The topological polar surface area (TPSA) is 43.9 Å². The molecule has 2 aliphatic heterocycles. The molecule has 1 fully saturated rings. The Kier molecular flexibility index (Phi) is 4.54. The molecule has 0 spiro atoms. The van der Waals surface area contributed by atoms with E-state index >= 15 is 0 Å². The van der Waals surface area contributed by atoms with Crippen molar-refractivity contribution in [3.63, 3.8) is 0 Å². The molecule has 4 rings (SSSR count). The normalized spacial score (nSPS) is 18.6. The minimum atomic E-state index is -0.241. The van der Waals surface area contributed by atoms with Crippen LogP contribution in [-0.2, 0) is 9.59 Å². The maximum absolute atomic E-state index is 13.4. The van der Waals surface area contributed by atoms with E-state index in [2.05, 4.69) is 16.8 Å². The van der Waals surface area contributed by atoms with Crippen LogP contribution < -0.4 is 4.90 Å². The summed E-state index contributed by atoms with van der Waals surface area (Å²) < 4.78 is 0. The lowest BCUT2D eigenvalue weighted by atomic mass is 10.0. The second-order valence-corrected chi connectivity index (χ2v) is 7.11.